The molecule has 0 radical (unpaired) electrons. The Bertz CT molecular complexity index is 625. The molecule has 19 heavy (non-hydrogen) atoms. The predicted octanol–water partition coefficient (Wildman–Crippen LogP) is 4.60. The highest BCUT2D eigenvalue weighted by molar-refractivity contribution is 7.17. The minimum Gasteiger partial charge on any atom is -0.462 e. The SMILES string of the molecule is CCOC(=O)c1sc(-c2cc(Cl)ccc2Cl)nc1C. The molecule has 1 heterocycles. The Morgan fingerprint density at radius 3 is 2.84 bits per heavy atom. The summed E-state index contributed by atoms with van der Waals surface area (Å²) in [5.41, 5.74) is 1.35. The molecule has 2 rings (SSSR count). The first-order valence-electron chi connectivity index (χ1n) is 5.63. The molecule has 0 saturated heterocycles. The topological polar surface area (TPSA) is 39.2 Å². The van der Waals surface area contributed by atoms with Crippen LogP contribution >= 0.6 is 34.5 Å². The zero-order valence-corrected chi connectivity index (χ0v) is 12.7. The van der Waals surface area contributed by atoms with E-state index in [-0.39, 0.29) is 5.97 Å². The molecule has 0 fully saturated rings. The molecule has 1 aromatic carbocycles. The second-order valence-corrected chi connectivity index (χ2v) is 5.62. The highest BCUT2D eigenvalue weighted by Crippen LogP contribution is 2.34. The van der Waals surface area contributed by atoms with Crippen LogP contribution in [-0.4, -0.2) is 17.6 Å². The number of rotatable bonds is 3. The second-order valence-electron chi connectivity index (χ2n) is 3.78. The fourth-order valence-corrected chi connectivity index (χ4v) is 2.98. The molecule has 0 unspecified atom stereocenters. The molecular formula is C13H11Cl2NO2S. The third-order valence-corrected chi connectivity index (χ3v) is 4.15. The molecule has 1 aromatic heterocycles. The number of aromatic nitrogens is 1. The minimum atomic E-state index is -0.359. The van der Waals surface area contributed by atoms with Crippen LogP contribution in [0.4, 0.5) is 0 Å². The van der Waals surface area contributed by atoms with Gasteiger partial charge in [0.05, 0.1) is 17.3 Å². The van der Waals surface area contributed by atoms with Crippen molar-refractivity contribution in [1.29, 1.82) is 0 Å². The lowest BCUT2D eigenvalue weighted by Gasteiger charge is -2.00. The van der Waals surface area contributed by atoms with Crippen LogP contribution < -0.4 is 0 Å². The number of aryl methyl sites for hydroxylation is 1. The second kappa shape index (κ2) is 5.90. The van der Waals surface area contributed by atoms with Gasteiger partial charge in [0, 0.05) is 10.6 Å². The Morgan fingerprint density at radius 2 is 2.16 bits per heavy atom. The highest BCUT2D eigenvalue weighted by atomic mass is 35.5. The van der Waals surface area contributed by atoms with Crippen molar-refractivity contribution in [2.75, 3.05) is 6.61 Å². The molecule has 100 valence electrons. The van der Waals surface area contributed by atoms with Crippen molar-refractivity contribution >= 4 is 40.5 Å². The van der Waals surface area contributed by atoms with Gasteiger partial charge in [-0.1, -0.05) is 23.2 Å². The van der Waals surface area contributed by atoms with E-state index in [0.717, 1.165) is 5.56 Å². The normalized spacial score (nSPS) is 10.5. The van der Waals surface area contributed by atoms with Gasteiger partial charge in [-0.25, -0.2) is 9.78 Å². The maximum atomic E-state index is 11.8. The Hall–Kier alpha value is -1.10. The van der Waals surface area contributed by atoms with Gasteiger partial charge >= 0.3 is 5.97 Å². The van der Waals surface area contributed by atoms with Crippen molar-refractivity contribution in [3.63, 3.8) is 0 Å². The van der Waals surface area contributed by atoms with Gasteiger partial charge in [-0.3, -0.25) is 0 Å². The zero-order valence-electron chi connectivity index (χ0n) is 10.4. The van der Waals surface area contributed by atoms with E-state index in [9.17, 15) is 4.79 Å². The standard InChI is InChI=1S/C13H11Cl2NO2S/c1-3-18-13(17)11-7(2)16-12(19-11)9-6-8(14)4-5-10(9)15/h4-6H,3H2,1-2H3. The number of benzene rings is 1. The van der Waals surface area contributed by atoms with Crippen molar-refractivity contribution < 1.29 is 9.53 Å². The van der Waals surface area contributed by atoms with Gasteiger partial charge in [0.1, 0.15) is 9.88 Å². The summed E-state index contributed by atoms with van der Waals surface area (Å²) in [7, 11) is 0. The molecule has 3 nitrogen and oxygen atoms in total. The number of thiazole rings is 1. The Kier molecular flexibility index (Phi) is 4.45. The smallest absolute Gasteiger partial charge is 0.350 e. The number of halogens is 2. The van der Waals surface area contributed by atoms with E-state index in [1.54, 1.807) is 32.0 Å². The van der Waals surface area contributed by atoms with Crippen LogP contribution in [0.25, 0.3) is 10.6 Å². The van der Waals surface area contributed by atoms with Crippen LogP contribution in [-0.2, 0) is 4.74 Å². The summed E-state index contributed by atoms with van der Waals surface area (Å²) >= 11 is 13.3. The van der Waals surface area contributed by atoms with Gasteiger partial charge in [0.25, 0.3) is 0 Å². The van der Waals surface area contributed by atoms with Crippen LogP contribution in [0.3, 0.4) is 0 Å². The van der Waals surface area contributed by atoms with E-state index in [0.29, 0.717) is 32.2 Å². The van der Waals surface area contributed by atoms with Crippen LogP contribution in [0.5, 0.6) is 0 Å². The van der Waals surface area contributed by atoms with Gasteiger partial charge in [-0.2, -0.15) is 0 Å². The van der Waals surface area contributed by atoms with Crippen molar-refractivity contribution in [3.05, 3.63) is 38.8 Å². The van der Waals surface area contributed by atoms with E-state index in [1.165, 1.54) is 11.3 Å². The summed E-state index contributed by atoms with van der Waals surface area (Å²) in [5.74, 6) is -0.359. The van der Waals surface area contributed by atoms with Crippen LogP contribution in [0, 0.1) is 6.92 Å². The van der Waals surface area contributed by atoms with E-state index >= 15 is 0 Å². The first-order valence-corrected chi connectivity index (χ1v) is 7.20. The molecule has 2 aromatic rings. The lowest BCUT2D eigenvalue weighted by atomic mass is 10.2. The molecule has 0 aliphatic rings. The molecule has 0 N–H and O–H groups in total. The van der Waals surface area contributed by atoms with E-state index in [4.69, 9.17) is 27.9 Å². The molecule has 0 aliphatic carbocycles. The van der Waals surface area contributed by atoms with Crippen LogP contribution in [0.1, 0.15) is 22.3 Å². The quantitative estimate of drug-likeness (QED) is 0.777. The van der Waals surface area contributed by atoms with Gasteiger partial charge in [-0.05, 0) is 32.0 Å². The van der Waals surface area contributed by atoms with Crippen molar-refractivity contribution in [1.82, 2.24) is 4.98 Å². The Balaban J connectivity index is 2.44. The third kappa shape index (κ3) is 3.08. The van der Waals surface area contributed by atoms with Crippen LogP contribution in [0.2, 0.25) is 10.0 Å². The number of esters is 1. The summed E-state index contributed by atoms with van der Waals surface area (Å²) in [6, 6.07) is 5.15. The number of hydrogen-bond donors (Lipinski definition) is 0. The van der Waals surface area contributed by atoms with Crippen molar-refractivity contribution in [2.24, 2.45) is 0 Å². The molecule has 0 spiro atoms. The van der Waals surface area contributed by atoms with Gasteiger partial charge in [0.15, 0.2) is 0 Å². The summed E-state index contributed by atoms with van der Waals surface area (Å²) in [6.45, 7) is 3.87. The number of nitrogens with zero attached hydrogens (tertiary/aromatic N) is 1. The van der Waals surface area contributed by atoms with E-state index in [2.05, 4.69) is 4.98 Å². The summed E-state index contributed by atoms with van der Waals surface area (Å²) in [4.78, 5) is 16.6. The highest BCUT2D eigenvalue weighted by Gasteiger charge is 2.18. The molecule has 0 atom stereocenters. The average Bonchev–Trinajstić information content (AvgIpc) is 2.74. The summed E-state index contributed by atoms with van der Waals surface area (Å²) in [6.07, 6.45) is 0. The molecule has 0 saturated carbocycles. The fraction of sp³-hybridized carbons (Fsp3) is 0.231. The fourth-order valence-electron chi connectivity index (χ4n) is 1.56. The van der Waals surface area contributed by atoms with Gasteiger partial charge in [0.2, 0.25) is 0 Å². The Labute approximate surface area is 125 Å². The summed E-state index contributed by atoms with van der Waals surface area (Å²) < 4.78 is 4.98. The predicted molar refractivity (Wildman–Crippen MR) is 78.3 cm³/mol. The molecule has 0 amide bonds. The van der Waals surface area contributed by atoms with Crippen LogP contribution in [0.15, 0.2) is 18.2 Å². The molecule has 6 heteroatoms. The lowest BCUT2D eigenvalue weighted by Crippen LogP contribution is -2.03. The lowest BCUT2D eigenvalue weighted by molar-refractivity contribution is 0.0531. The van der Waals surface area contributed by atoms with Crippen molar-refractivity contribution in [3.8, 4) is 10.6 Å². The van der Waals surface area contributed by atoms with Gasteiger partial charge < -0.3 is 4.74 Å². The Morgan fingerprint density at radius 1 is 1.42 bits per heavy atom. The average molecular weight is 316 g/mol. The number of carbonyl (C=O) groups excluding carboxylic acids is 1. The zero-order chi connectivity index (χ0) is 14.0. The number of carbonyl (C=O) groups is 1. The first kappa shape index (κ1) is 14.3. The first-order chi connectivity index (χ1) is 9.02. The molecular weight excluding hydrogens is 305 g/mol. The van der Waals surface area contributed by atoms with Crippen molar-refractivity contribution in [2.45, 2.75) is 13.8 Å². The molecule has 0 bridgehead atoms. The molecule has 0 aliphatic heterocycles. The maximum absolute atomic E-state index is 11.8. The maximum Gasteiger partial charge on any atom is 0.350 e. The van der Waals surface area contributed by atoms with E-state index < -0.39 is 0 Å². The third-order valence-electron chi connectivity index (χ3n) is 2.42. The van der Waals surface area contributed by atoms with E-state index in [1.807, 2.05) is 0 Å². The largest absolute Gasteiger partial charge is 0.462 e. The van der Waals surface area contributed by atoms with Gasteiger partial charge in [-0.15, -0.1) is 11.3 Å². The minimum absolute atomic E-state index is 0.337. The number of ether oxygens (including phenoxy) is 1. The monoisotopic (exact) mass is 315 g/mol. The summed E-state index contributed by atoms with van der Waals surface area (Å²) in [5, 5.41) is 1.78. The number of hydrogen-bond acceptors (Lipinski definition) is 4.